The van der Waals surface area contributed by atoms with E-state index in [1.165, 1.54) is 161 Å². The number of unbranched alkanes of at least 4 members (excludes halogenated alkanes) is 21. The SMILES string of the molecule is CCCCC/C=C\C/C=C\CCCCCCCCC1(CCCCCCCC/C=C\CCCCCCCC)OCC(CCl)O1. The molecule has 2 unspecified atom stereocenters. The number of alkyl halides is 1. The molecule has 2 nitrogen and oxygen atoms in total. The molecular weight excluding hydrogens is 548 g/mol. The molecule has 0 aromatic rings. The third kappa shape index (κ3) is 25.3. The number of halogens is 1. The Morgan fingerprint density at radius 3 is 1.33 bits per heavy atom. The maximum Gasteiger partial charge on any atom is 0.168 e. The van der Waals surface area contributed by atoms with Gasteiger partial charge in [0.25, 0.3) is 0 Å². The Hall–Kier alpha value is -0.570. The zero-order chi connectivity index (χ0) is 30.9. The highest BCUT2D eigenvalue weighted by Crippen LogP contribution is 2.35. The predicted molar refractivity (Wildman–Crippen MR) is 192 cm³/mol. The summed E-state index contributed by atoms with van der Waals surface area (Å²) in [5.74, 6) is 0.175. The fourth-order valence-electron chi connectivity index (χ4n) is 6.10. The smallest absolute Gasteiger partial charge is 0.168 e. The molecule has 0 aliphatic carbocycles. The van der Waals surface area contributed by atoms with E-state index < -0.39 is 0 Å². The lowest BCUT2D eigenvalue weighted by Crippen LogP contribution is -2.31. The molecule has 1 heterocycles. The summed E-state index contributed by atoms with van der Waals surface area (Å²) in [5, 5.41) is 0. The van der Waals surface area contributed by atoms with E-state index in [2.05, 4.69) is 50.3 Å². The molecule has 0 aromatic carbocycles. The second-order valence-corrected chi connectivity index (χ2v) is 13.4. The topological polar surface area (TPSA) is 18.5 Å². The van der Waals surface area contributed by atoms with Crippen LogP contribution in [0, 0.1) is 0 Å². The summed E-state index contributed by atoms with van der Waals surface area (Å²) < 4.78 is 12.6. The van der Waals surface area contributed by atoms with Gasteiger partial charge in [-0.2, -0.15) is 0 Å². The van der Waals surface area contributed by atoms with Gasteiger partial charge in [0.1, 0.15) is 0 Å². The molecule has 3 heteroatoms. The molecule has 1 aliphatic rings. The van der Waals surface area contributed by atoms with Crippen molar-refractivity contribution in [1.29, 1.82) is 0 Å². The Labute approximate surface area is 274 Å². The Kier molecular flexibility index (Phi) is 29.6. The van der Waals surface area contributed by atoms with E-state index in [1.807, 2.05) is 0 Å². The molecule has 0 saturated carbocycles. The minimum Gasteiger partial charge on any atom is -0.347 e. The average Bonchev–Trinajstić information content (AvgIpc) is 3.44. The van der Waals surface area contributed by atoms with Crippen molar-refractivity contribution in [2.24, 2.45) is 0 Å². The summed E-state index contributed by atoms with van der Waals surface area (Å²) in [5.41, 5.74) is 0. The minimum atomic E-state index is -0.365. The van der Waals surface area contributed by atoms with Crippen LogP contribution in [0.2, 0.25) is 0 Å². The van der Waals surface area contributed by atoms with Gasteiger partial charge >= 0.3 is 0 Å². The van der Waals surface area contributed by atoms with E-state index >= 15 is 0 Å². The Bertz CT molecular complexity index is 657. The number of rotatable bonds is 32. The number of hydrogen-bond donors (Lipinski definition) is 0. The molecule has 0 aromatic heterocycles. The molecular formula is C40H73ClO2. The highest BCUT2D eigenvalue weighted by molar-refractivity contribution is 6.18. The molecule has 1 aliphatic heterocycles. The van der Waals surface area contributed by atoms with Crippen LogP contribution in [-0.2, 0) is 9.47 Å². The maximum atomic E-state index is 6.37. The summed E-state index contributed by atoms with van der Waals surface area (Å²) in [6, 6.07) is 0. The van der Waals surface area contributed by atoms with Gasteiger partial charge in [0.05, 0.1) is 18.6 Å². The molecule has 1 saturated heterocycles. The van der Waals surface area contributed by atoms with Gasteiger partial charge in [-0.05, 0) is 70.6 Å². The van der Waals surface area contributed by atoms with E-state index in [0.717, 1.165) is 19.3 Å². The molecule has 0 N–H and O–H groups in total. The maximum absolute atomic E-state index is 6.37. The van der Waals surface area contributed by atoms with Gasteiger partial charge in [-0.15, -0.1) is 11.6 Å². The van der Waals surface area contributed by atoms with E-state index in [9.17, 15) is 0 Å². The fourth-order valence-corrected chi connectivity index (χ4v) is 6.26. The van der Waals surface area contributed by atoms with E-state index in [1.54, 1.807) is 0 Å². The van der Waals surface area contributed by atoms with Crippen molar-refractivity contribution < 1.29 is 9.47 Å². The van der Waals surface area contributed by atoms with Crippen LogP contribution in [0.4, 0.5) is 0 Å². The number of allylic oxidation sites excluding steroid dienone is 6. The number of ether oxygens (including phenoxy) is 2. The lowest BCUT2D eigenvalue weighted by atomic mass is 9.98. The van der Waals surface area contributed by atoms with Crippen molar-refractivity contribution in [3.63, 3.8) is 0 Å². The molecule has 0 bridgehead atoms. The largest absolute Gasteiger partial charge is 0.347 e. The van der Waals surface area contributed by atoms with Crippen LogP contribution < -0.4 is 0 Å². The predicted octanol–water partition coefficient (Wildman–Crippen LogP) is 14.0. The van der Waals surface area contributed by atoms with Crippen molar-refractivity contribution in [1.82, 2.24) is 0 Å². The zero-order valence-electron chi connectivity index (χ0n) is 28.9. The van der Waals surface area contributed by atoms with E-state index in [0.29, 0.717) is 12.5 Å². The first-order valence-electron chi connectivity index (χ1n) is 19.1. The normalized spacial score (nSPS) is 19.2. The van der Waals surface area contributed by atoms with Gasteiger partial charge < -0.3 is 9.47 Å². The average molecular weight is 621 g/mol. The molecule has 2 atom stereocenters. The summed E-state index contributed by atoms with van der Waals surface area (Å²) in [4.78, 5) is 0. The second-order valence-electron chi connectivity index (χ2n) is 13.1. The Morgan fingerprint density at radius 2 is 0.884 bits per heavy atom. The minimum absolute atomic E-state index is 0.0698. The third-order valence-electron chi connectivity index (χ3n) is 8.91. The highest BCUT2D eigenvalue weighted by Gasteiger charge is 2.40. The molecule has 43 heavy (non-hydrogen) atoms. The molecule has 1 rings (SSSR count). The van der Waals surface area contributed by atoms with Gasteiger partial charge in [0.2, 0.25) is 0 Å². The van der Waals surface area contributed by atoms with Crippen molar-refractivity contribution in [3.8, 4) is 0 Å². The summed E-state index contributed by atoms with van der Waals surface area (Å²) in [6.07, 6.45) is 50.5. The zero-order valence-corrected chi connectivity index (χ0v) is 29.7. The van der Waals surface area contributed by atoms with E-state index in [-0.39, 0.29) is 11.9 Å². The summed E-state index contributed by atoms with van der Waals surface area (Å²) in [6.45, 7) is 5.22. The summed E-state index contributed by atoms with van der Waals surface area (Å²) in [7, 11) is 0. The first kappa shape index (κ1) is 40.5. The van der Waals surface area contributed by atoms with E-state index in [4.69, 9.17) is 21.1 Å². The Balaban J connectivity index is 2.02. The first-order valence-corrected chi connectivity index (χ1v) is 19.6. The third-order valence-corrected chi connectivity index (χ3v) is 9.26. The van der Waals surface area contributed by atoms with Gasteiger partial charge in [-0.3, -0.25) is 0 Å². The van der Waals surface area contributed by atoms with Crippen molar-refractivity contribution in [3.05, 3.63) is 36.5 Å². The number of hydrogen-bond acceptors (Lipinski definition) is 2. The van der Waals surface area contributed by atoms with Crippen LogP contribution in [0.25, 0.3) is 0 Å². The first-order chi connectivity index (χ1) is 21.3. The lowest BCUT2D eigenvalue weighted by Gasteiger charge is -2.28. The van der Waals surface area contributed by atoms with Gasteiger partial charge in [0.15, 0.2) is 5.79 Å². The standard InChI is InChI=1S/C40H73ClO2/c1-3-5-7-9-11-13-15-17-19-21-23-25-27-29-31-33-35-40(42-38-39(37-41)43-40)36-34-32-30-28-26-24-22-20-18-16-14-12-10-8-6-4-2/h11,13,17-20,39H,3-10,12,14-16,21-38H2,1-2H3/b13-11-,19-17-,20-18-. The van der Waals surface area contributed by atoms with Crippen LogP contribution in [0.1, 0.15) is 194 Å². The monoisotopic (exact) mass is 621 g/mol. The van der Waals surface area contributed by atoms with Gasteiger partial charge in [0, 0.05) is 12.8 Å². The highest BCUT2D eigenvalue weighted by atomic mass is 35.5. The van der Waals surface area contributed by atoms with Crippen LogP contribution in [0.5, 0.6) is 0 Å². The Morgan fingerprint density at radius 1 is 0.512 bits per heavy atom. The molecule has 0 spiro atoms. The van der Waals surface area contributed by atoms with Crippen LogP contribution >= 0.6 is 11.6 Å². The fraction of sp³-hybridized carbons (Fsp3) is 0.850. The van der Waals surface area contributed by atoms with Gasteiger partial charge in [-0.1, -0.05) is 147 Å². The van der Waals surface area contributed by atoms with Crippen molar-refractivity contribution in [2.45, 2.75) is 206 Å². The second kappa shape index (κ2) is 31.4. The summed E-state index contributed by atoms with van der Waals surface area (Å²) >= 11 is 6.12. The van der Waals surface area contributed by atoms with Crippen LogP contribution in [-0.4, -0.2) is 24.4 Å². The molecule has 0 amide bonds. The van der Waals surface area contributed by atoms with Crippen LogP contribution in [0.3, 0.4) is 0 Å². The van der Waals surface area contributed by atoms with Crippen LogP contribution in [0.15, 0.2) is 36.5 Å². The molecule has 252 valence electrons. The lowest BCUT2D eigenvalue weighted by molar-refractivity contribution is -0.177. The molecule has 0 radical (unpaired) electrons. The molecule has 1 fully saturated rings. The van der Waals surface area contributed by atoms with Crippen molar-refractivity contribution >= 4 is 11.6 Å². The van der Waals surface area contributed by atoms with Gasteiger partial charge in [-0.25, -0.2) is 0 Å². The van der Waals surface area contributed by atoms with Crippen molar-refractivity contribution in [2.75, 3.05) is 12.5 Å². The quantitative estimate of drug-likeness (QED) is 0.0423.